The van der Waals surface area contributed by atoms with E-state index in [1.807, 2.05) is 6.07 Å². The van der Waals surface area contributed by atoms with E-state index in [0.29, 0.717) is 16.5 Å². The highest BCUT2D eigenvalue weighted by Gasteiger charge is 2.15. The molecule has 1 N–H and O–H groups in total. The largest absolute Gasteiger partial charge is 0.495 e. The maximum Gasteiger partial charge on any atom is 0.263 e. The quantitative estimate of drug-likeness (QED) is 0.932. The Balaban J connectivity index is 2.30. The zero-order valence-electron chi connectivity index (χ0n) is 10.9. The van der Waals surface area contributed by atoms with Gasteiger partial charge in [-0.15, -0.1) is 0 Å². The summed E-state index contributed by atoms with van der Waals surface area (Å²) >= 11 is 5.88. The fourth-order valence-electron chi connectivity index (χ4n) is 1.54. The molecule has 0 bridgehead atoms. The van der Waals surface area contributed by atoms with Crippen molar-refractivity contribution in [3.8, 4) is 11.8 Å². The van der Waals surface area contributed by atoms with Crippen molar-refractivity contribution in [1.29, 1.82) is 5.26 Å². The number of methoxy groups -OCH3 is 1. The van der Waals surface area contributed by atoms with Crippen molar-refractivity contribution in [2.45, 2.75) is 4.90 Å². The number of nitriles is 1. The number of rotatable bonds is 4. The Labute approximate surface area is 127 Å². The second-order valence-electron chi connectivity index (χ2n) is 3.95. The first-order valence-electron chi connectivity index (χ1n) is 5.69. The maximum atomic E-state index is 12.2. The van der Waals surface area contributed by atoms with Gasteiger partial charge in [-0.2, -0.15) is 5.26 Å². The third-order valence-electron chi connectivity index (χ3n) is 2.56. The summed E-state index contributed by atoms with van der Waals surface area (Å²) in [6.07, 6.45) is 1.12. The Bertz CT molecular complexity index is 798. The fraction of sp³-hybridized carbons (Fsp3) is 0.0769. The number of hydrogen-bond donors (Lipinski definition) is 1. The van der Waals surface area contributed by atoms with Crippen LogP contribution in [-0.2, 0) is 10.0 Å². The predicted molar refractivity (Wildman–Crippen MR) is 77.8 cm³/mol. The van der Waals surface area contributed by atoms with Crippen LogP contribution in [0.3, 0.4) is 0 Å². The Kier molecular flexibility index (Phi) is 4.31. The number of nitrogens with zero attached hydrogens (tertiary/aromatic N) is 2. The van der Waals surface area contributed by atoms with Crippen LogP contribution in [0.5, 0.6) is 5.75 Å². The molecule has 21 heavy (non-hydrogen) atoms. The number of hydrogen-bond acceptors (Lipinski definition) is 5. The summed E-state index contributed by atoms with van der Waals surface area (Å²) in [6, 6.07) is 8.96. The molecule has 0 aliphatic rings. The van der Waals surface area contributed by atoms with Crippen LogP contribution >= 0.6 is 11.6 Å². The molecule has 0 radical (unpaired) electrons. The highest BCUT2D eigenvalue weighted by atomic mass is 35.5. The molecule has 0 saturated carbocycles. The number of halogens is 1. The van der Waals surface area contributed by atoms with Crippen LogP contribution in [-0.4, -0.2) is 20.5 Å². The maximum absolute atomic E-state index is 12.2. The first-order valence-corrected chi connectivity index (χ1v) is 7.55. The number of aromatic nitrogens is 1. The molecule has 2 aromatic rings. The van der Waals surface area contributed by atoms with E-state index in [4.69, 9.17) is 21.6 Å². The lowest BCUT2D eigenvalue weighted by molar-refractivity contribution is 0.415. The van der Waals surface area contributed by atoms with E-state index in [0.717, 1.165) is 6.20 Å². The highest BCUT2D eigenvalue weighted by molar-refractivity contribution is 7.92. The predicted octanol–water partition coefficient (Wildman–Crippen LogP) is 2.42. The van der Waals surface area contributed by atoms with Gasteiger partial charge in [0.25, 0.3) is 10.0 Å². The smallest absolute Gasteiger partial charge is 0.263 e. The van der Waals surface area contributed by atoms with E-state index in [1.165, 1.54) is 37.4 Å². The first-order chi connectivity index (χ1) is 9.96. The van der Waals surface area contributed by atoms with Crippen molar-refractivity contribution in [1.82, 2.24) is 4.98 Å². The Morgan fingerprint density at radius 1 is 1.33 bits per heavy atom. The molecule has 0 aliphatic heterocycles. The van der Waals surface area contributed by atoms with Gasteiger partial charge in [-0.3, -0.25) is 4.72 Å². The standard InChI is InChI=1S/C13H10ClN3O3S/c1-20-13-6-9(3-5-12(13)14)17-21(18,19)11-4-2-10(7-15)16-8-11/h2-6,8,17H,1H3. The average molecular weight is 324 g/mol. The van der Waals surface area contributed by atoms with E-state index in [-0.39, 0.29) is 10.6 Å². The van der Waals surface area contributed by atoms with E-state index >= 15 is 0 Å². The third kappa shape index (κ3) is 3.42. The molecule has 2 rings (SSSR count). The summed E-state index contributed by atoms with van der Waals surface area (Å²) in [5, 5.41) is 9.02. The molecule has 8 heteroatoms. The fourth-order valence-corrected chi connectivity index (χ4v) is 2.73. The van der Waals surface area contributed by atoms with Gasteiger partial charge < -0.3 is 4.74 Å². The van der Waals surface area contributed by atoms with Crippen LogP contribution < -0.4 is 9.46 Å². The van der Waals surface area contributed by atoms with Crippen molar-refractivity contribution >= 4 is 27.3 Å². The van der Waals surface area contributed by atoms with Crippen LogP contribution in [0.15, 0.2) is 41.4 Å². The molecule has 108 valence electrons. The normalized spacial score (nSPS) is 10.7. The lowest BCUT2D eigenvalue weighted by atomic mass is 10.3. The molecule has 1 aromatic heterocycles. The highest BCUT2D eigenvalue weighted by Crippen LogP contribution is 2.28. The summed E-state index contributed by atoms with van der Waals surface area (Å²) in [7, 11) is -2.36. The van der Waals surface area contributed by atoms with Gasteiger partial charge in [0.15, 0.2) is 0 Å². The zero-order chi connectivity index (χ0) is 15.5. The van der Waals surface area contributed by atoms with Crippen LogP contribution in [0, 0.1) is 11.3 Å². The topological polar surface area (TPSA) is 92.1 Å². The summed E-state index contributed by atoms with van der Waals surface area (Å²) in [5.41, 5.74) is 0.447. The molecule has 0 fully saturated rings. The minimum Gasteiger partial charge on any atom is -0.495 e. The summed E-state index contributed by atoms with van der Waals surface area (Å²) in [4.78, 5) is 3.68. The molecular weight excluding hydrogens is 314 g/mol. The number of ether oxygens (including phenoxy) is 1. The molecular formula is C13H10ClN3O3S. The second-order valence-corrected chi connectivity index (χ2v) is 6.04. The van der Waals surface area contributed by atoms with E-state index < -0.39 is 10.0 Å². The van der Waals surface area contributed by atoms with Gasteiger partial charge in [-0.25, -0.2) is 13.4 Å². The molecule has 0 spiro atoms. The SMILES string of the molecule is COc1cc(NS(=O)(=O)c2ccc(C#N)nc2)ccc1Cl. The van der Waals surface area contributed by atoms with Gasteiger partial charge in [-0.05, 0) is 24.3 Å². The van der Waals surface area contributed by atoms with Crippen LogP contribution in [0.1, 0.15) is 5.69 Å². The van der Waals surface area contributed by atoms with Gasteiger partial charge in [0.05, 0.1) is 17.8 Å². The number of sulfonamides is 1. The lowest BCUT2D eigenvalue weighted by Gasteiger charge is -2.10. The number of nitrogens with one attached hydrogen (secondary N) is 1. The molecule has 6 nitrogen and oxygen atoms in total. The van der Waals surface area contributed by atoms with Crippen molar-refractivity contribution in [3.05, 3.63) is 47.2 Å². The van der Waals surface area contributed by atoms with Crippen molar-refractivity contribution in [2.75, 3.05) is 11.8 Å². The van der Waals surface area contributed by atoms with Crippen molar-refractivity contribution < 1.29 is 13.2 Å². The Hall–Kier alpha value is -2.30. The third-order valence-corrected chi connectivity index (χ3v) is 4.24. The Morgan fingerprint density at radius 3 is 2.67 bits per heavy atom. The number of pyridine rings is 1. The van der Waals surface area contributed by atoms with E-state index in [1.54, 1.807) is 0 Å². The number of anilines is 1. The average Bonchev–Trinajstić information content (AvgIpc) is 2.49. The van der Waals surface area contributed by atoms with Gasteiger partial charge in [0, 0.05) is 12.3 Å². The van der Waals surface area contributed by atoms with Crippen molar-refractivity contribution in [3.63, 3.8) is 0 Å². The first kappa shape index (κ1) is 15.1. The van der Waals surface area contributed by atoms with Gasteiger partial charge >= 0.3 is 0 Å². The zero-order valence-corrected chi connectivity index (χ0v) is 12.4. The second kappa shape index (κ2) is 5.99. The Morgan fingerprint density at radius 2 is 2.10 bits per heavy atom. The van der Waals surface area contributed by atoms with Crippen LogP contribution in [0.25, 0.3) is 0 Å². The summed E-state index contributed by atoms with van der Waals surface area (Å²) in [5.74, 6) is 0.356. The van der Waals surface area contributed by atoms with Gasteiger partial charge in [0.1, 0.15) is 22.4 Å². The van der Waals surface area contributed by atoms with Gasteiger partial charge in [0.2, 0.25) is 0 Å². The van der Waals surface area contributed by atoms with Crippen molar-refractivity contribution in [2.24, 2.45) is 0 Å². The molecule has 1 heterocycles. The summed E-state index contributed by atoms with van der Waals surface area (Å²) in [6.45, 7) is 0. The lowest BCUT2D eigenvalue weighted by Crippen LogP contribution is -2.13. The molecule has 0 saturated heterocycles. The molecule has 1 aromatic carbocycles. The molecule has 0 atom stereocenters. The monoisotopic (exact) mass is 323 g/mol. The van der Waals surface area contributed by atoms with Crippen LogP contribution in [0.2, 0.25) is 5.02 Å². The van der Waals surface area contributed by atoms with Gasteiger partial charge in [-0.1, -0.05) is 11.6 Å². The summed E-state index contributed by atoms with van der Waals surface area (Å²) < 4.78 is 31.8. The van der Waals surface area contributed by atoms with E-state index in [9.17, 15) is 8.42 Å². The molecule has 0 aliphatic carbocycles. The minimum atomic E-state index is -3.80. The van der Waals surface area contributed by atoms with Crippen LogP contribution in [0.4, 0.5) is 5.69 Å². The minimum absolute atomic E-state index is 0.0459. The molecule has 0 amide bonds. The number of benzene rings is 1. The molecule has 0 unspecified atom stereocenters. The van der Waals surface area contributed by atoms with E-state index in [2.05, 4.69) is 9.71 Å².